The van der Waals surface area contributed by atoms with Gasteiger partial charge in [-0.1, -0.05) is 6.92 Å². The SMILES string of the molecule is C[C@@H]1C[C@H](O)[C@@H]2[C@@H]1C[C@]1(O)CC[C@@]2(C)OC1(C)C. The fraction of sp³-hybridized carbons (Fsp3) is 1.00. The zero-order valence-corrected chi connectivity index (χ0v) is 11.9. The maximum absolute atomic E-state index is 11.0. The number of aliphatic hydroxyl groups excluding tert-OH is 1. The lowest BCUT2D eigenvalue weighted by atomic mass is 9.74. The van der Waals surface area contributed by atoms with E-state index in [0.29, 0.717) is 11.8 Å². The molecule has 2 saturated heterocycles. The number of fused-ring (bicyclic) bond motifs is 2. The highest BCUT2D eigenvalue weighted by Gasteiger charge is 2.64. The summed E-state index contributed by atoms with van der Waals surface area (Å²) in [6.07, 6.45) is 3.01. The molecule has 4 aliphatic rings. The largest absolute Gasteiger partial charge is 0.393 e. The molecule has 3 heteroatoms. The summed E-state index contributed by atoms with van der Waals surface area (Å²) in [6, 6.07) is 0. The third-order valence-electron chi connectivity index (χ3n) is 6.14. The third-order valence-corrected chi connectivity index (χ3v) is 6.14. The molecule has 2 heterocycles. The Hall–Kier alpha value is -0.120. The van der Waals surface area contributed by atoms with Gasteiger partial charge in [-0.15, -0.1) is 0 Å². The highest BCUT2D eigenvalue weighted by atomic mass is 16.5. The quantitative estimate of drug-likeness (QED) is 0.696. The Morgan fingerprint density at radius 1 is 1.17 bits per heavy atom. The van der Waals surface area contributed by atoms with Crippen LogP contribution >= 0.6 is 0 Å². The number of aliphatic hydroxyl groups is 2. The Morgan fingerprint density at radius 2 is 1.83 bits per heavy atom. The smallest absolute Gasteiger partial charge is 0.0934 e. The van der Waals surface area contributed by atoms with Gasteiger partial charge in [-0.25, -0.2) is 0 Å². The maximum atomic E-state index is 11.0. The zero-order chi connectivity index (χ0) is 13.3. The average molecular weight is 254 g/mol. The summed E-state index contributed by atoms with van der Waals surface area (Å²) in [6.45, 7) is 8.35. The first-order chi connectivity index (χ1) is 8.19. The number of ether oxygens (including phenoxy) is 1. The van der Waals surface area contributed by atoms with Crippen molar-refractivity contribution in [3.05, 3.63) is 0 Å². The molecule has 2 aliphatic carbocycles. The van der Waals surface area contributed by atoms with Crippen LogP contribution in [0.15, 0.2) is 0 Å². The van der Waals surface area contributed by atoms with Gasteiger partial charge in [0.25, 0.3) is 0 Å². The maximum Gasteiger partial charge on any atom is 0.0934 e. The van der Waals surface area contributed by atoms with Crippen molar-refractivity contribution in [1.82, 2.24) is 0 Å². The first kappa shape index (κ1) is 12.9. The van der Waals surface area contributed by atoms with Crippen LogP contribution in [0.5, 0.6) is 0 Å². The molecule has 2 saturated carbocycles. The van der Waals surface area contributed by atoms with E-state index in [1.54, 1.807) is 0 Å². The Labute approximate surface area is 110 Å². The molecule has 0 amide bonds. The van der Waals surface area contributed by atoms with Crippen LogP contribution in [0.1, 0.15) is 53.4 Å². The summed E-state index contributed by atoms with van der Waals surface area (Å²) in [5.41, 5.74) is -1.52. The van der Waals surface area contributed by atoms with E-state index in [0.717, 1.165) is 25.7 Å². The molecule has 0 radical (unpaired) electrons. The molecule has 18 heavy (non-hydrogen) atoms. The summed E-state index contributed by atoms with van der Waals surface area (Å²) < 4.78 is 6.31. The van der Waals surface area contributed by atoms with Crippen molar-refractivity contribution in [1.29, 1.82) is 0 Å². The molecule has 0 aromatic heterocycles. The predicted octanol–water partition coefficient (Wildman–Crippen LogP) is 2.10. The molecule has 104 valence electrons. The summed E-state index contributed by atoms with van der Waals surface area (Å²) in [7, 11) is 0. The standard InChI is InChI=1S/C15H26O3/c1-9-7-11(16)12-10(9)8-15(17)6-5-14(12,4)18-13(15,2)3/h9-12,16-17H,5-8H2,1-4H3/t9-,10-,11+,12+,14-,15-/m1/s1. The minimum atomic E-state index is -0.732. The second-order valence-corrected chi connectivity index (χ2v) is 7.63. The zero-order valence-electron chi connectivity index (χ0n) is 11.9. The van der Waals surface area contributed by atoms with Gasteiger partial charge in [-0.2, -0.15) is 0 Å². The van der Waals surface area contributed by atoms with Crippen LogP contribution in [-0.4, -0.2) is 33.1 Å². The lowest BCUT2D eigenvalue weighted by molar-refractivity contribution is -0.261. The number of rotatable bonds is 0. The van der Waals surface area contributed by atoms with Gasteiger partial charge in [-0.3, -0.25) is 0 Å². The van der Waals surface area contributed by atoms with Gasteiger partial charge in [0.15, 0.2) is 0 Å². The van der Waals surface area contributed by atoms with E-state index in [2.05, 4.69) is 13.8 Å². The number of hydrogen-bond donors (Lipinski definition) is 2. The molecule has 0 aromatic rings. The van der Waals surface area contributed by atoms with E-state index >= 15 is 0 Å². The van der Waals surface area contributed by atoms with Crippen LogP contribution in [0.3, 0.4) is 0 Å². The molecule has 4 fully saturated rings. The van der Waals surface area contributed by atoms with Crippen molar-refractivity contribution in [3.8, 4) is 0 Å². The van der Waals surface area contributed by atoms with Crippen LogP contribution in [0.2, 0.25) is 0 Å². The highest BCUT2D eigenvalue weighted by molar-refractivity contribution is 5.14. The molecule has 0 spiro atoms. The van der Waals surface area contributed by atoms with E-state index in [-0.39, 0.29) is 17.6 Å². The molecule has 2 N–H and O–H groups in total. The number of hydrogen-bond acceptors (Lipinski definition) is 3. The van der Waals surface area contributed by atoms with Crippen molar-refractivity contribution in [2.75, 3.05) is 0 Å². The molecular weight excluding hydrogens is 228 g/mol. The van der Waals surface area contributed by atoms with Crippen LogP contribution in [0, 0.1) is 17.8 Å². The Kier molecular flexibility index (Phi) is 2.51. The van der Waals surface area contributed by atoms with E-state index in [1.165, 1.54) is 0 Å². The summed E-state index contributed by atoms with van der Waals surface area (Å²) >= 11 is 0. The molecule has 0 unspecified atom stereocenters. The lowest BCUT2D eigenvalue weighted by Crippen LogP contribution is -2.59. The summed E-state index contributed by atoms with van der Waals surface area (Å²) in [4.78, 5) is 0. The van der Waals surface area contributed by atoms with Gasteiger partial charge in [-0.05, 0) is 58.3 Å². The predicted molar refractivity (Wildman–Crippen MR) is 69.1 cm³/mol. The minimum absolute atomic E-state index is 0.184. The Balaban J connectivity index is 2.07. The molecule has 0 aromatic carbocycles. The molecule has 3 nitrogen and oxygen atoms in total. The summed E-state index contributed by atoms with van der Waals surface area (Å²) in [5, 5.41) is 21.4. The van der Waals surface area contributed by atoms with E-state index in [4.69, 9.17) is 4.74 Å². The van der Waals surface area contributed by atoms with Gasteiger partial charge in [0, 0.05) is 5.92 Å². The van der Waals surface area contributed by atoms with Gasteiger partial charge in [0.1, 0.15) is 0 Å². The van der Waals surface area contributed by atoms with E-state index < -0.39 is 11.2 Å². The normalized spacial score (nSPS) is 58.3. The fourth-order valence-corrected chi connectivity index (χ4v) is 4.99. The fourth-order valence-electron chi connectivity index (χ4n) is 4.99. The monoisotopic (exact) mass is 254 g/mol. The van der Waals surface area contributed by atoms with Gasteiger partial charge in [0.05, 0.1) is 22.9 Å². The lowest BCUT2D eigenvalue weighted by Gasteiger charge is -2.52. The molecule has 6 atom stereocenters. The Bertz CT molecular complexity index is 367. The molecule has 4 rings (SSSR count). The van der Waals surface area contributed by atoms with Gasteiger partial charge >= 0.3 is 0 Å². The Morgan fingerprint density at radius 3 is 2.44 bits per heavy atom. The van der Waals surface area contributed by atoms with Crippen LogP contribution < -0.4 is 0 Å². The molecule has 2 aliphatic heterocycles. The molecular formula is C15H26O3. The average Bonchev–Trinajstić information content (AvgIpc) is 2.39. The first-order valence-corrected chi connectivity index (χ1v) is 7.29. The highest BCUT2D eigenvalue weighted by Crippen LogP contribution is 2.59. The van der Waals surface area contributed by atoms with E-state index in [9.17, 15) is 10.2 Å². The second kappa shape index (κ2) is 3.50. The van der Waals surface area contributed by atoms with Crippen molar-refractivity contribution >= 4 is 0 Å². The van der Waals surface area contributed by atoms with Crippen LogP contribution in [0.25, 0.3) is 0 Å². The molecule has 2 bridgehead atoms. The second-order valence-electron chi connectivity index (χ2n) is 7.63. The van der Waals surface area contributed by atoms with Crippen LogP contribution in [0.4, 0.5) is 0 Å². The first-order valence-electron chi connectivity index (χ1n) is 7.29. The third kappa shape index (κ3) is 1.47. The van der Waals surface area contributed by atoms with E-state index in [1.807, 2.05) is 13.8 Å². The van der Waals surface area contributed by atoms with Crippen molar-refractivity contribution in [2.45, 2.75) is 76.3 Å². The summed E-state index contributed by atoms with van der Waals surface area (Å²) in [5.74, 6) is 1.05. The van der Waals surface area contributed by atoms with Crippen molar-refractivity contribution < 1.29 is 14.9 Å². The minimum Gasteiger partial charge on any atom is -0.393 e. The topological polar surface area (TPSA) is 49.7 Å². The van der Waals surface area contributed by atoms with Gasteiger partial charge in [0.2, 0.25) is 0 Å². The van der Waals surface area contributed by atoms with Crippen molar-refractivity contribution in [2.24, 2.45) is 17.8 Å². The van der Waals surface area contributed by atoms with Crippen LogP contribution in [-0.2, 0) is 4.74 Å². The van der Waals surface area contributed by atoms with Crippen molar-refractivity contribution in [3.63, 3.8) is 0 Å². The van der Waals surface area contributed by atoms with Gasteiger partial charge < -0.3 is 14.9 Å².